The summed E-state index contributed by atoms with van der Waals surface area (Å²) in [6.07, 6.45) is 0. The van der Waals surface area contributed by atoms with Crippen molar-refractivity contribution >= 4 is 34.5 Å². The van der Waals surface area contributed by atoms with Crippen LogP contribution in [0.15, 0.2) is 82.4 Å². The second kappa shape index (κ2) is 8.41. The first kappa shape index (κ1) is 19.1. The molecular formula is C23H20N2O3S. The number of hydrogen-bond acceptors (Lipinski definition) is 5. The number of methoxy groups -OCH3 is 1. The van der Waals surface area contributed by atoms with Gasteiger partial charge in [-0.25, -0.2) is 4.98 Å². The Kier molecular flexibility index (Phi) is 5.53. The lowest BCUT2D eigenvalue weighted by Crippen LogP contribution is -2.19. The average molecular weight is 404 g/mol. The summed E-state index contributed by atoms with van der Waals surface area (Å²) in [5.74, 6) is 0.440. The molecule has 0 aliphatic rings. The molecule has 0 aliphatic carbocycles. The van der Waals surface area contributed by atoms with E-state index in [-0.39, 0.29) is 5.91 Å². The number of nitrogens with zero attached hydrogens (tertiary/aromatic N) is 1. The third kappa shape index (κ3) is 4.27. The summed E-state index contributed by atoms with van der Waals surface area (Å²) in [7, 11) is 1.59. The van der Waals surface area contributed by atoms with Gasteiger partial charge in [0.1, 0.15) is 16.5 Å². The minimum absolute atomic E-state index is 0.174. The Bertz CT molecular complexity index is 1110. The van der Waals surface area contributed by atoms with E-state index in [0.29, 0.717) is 22.2 Å². The van der Waals surface area contributed by atoms with E-state index in [1.165, 1.54) is 11.8 Å². The van der Waals surface area contributed by atoms with E-state index >= 15 is 0 Å². The number of aryl methyl sites for hydroxylation is 1. The number of aromatic nitrogens is 1. The maximum Gasteiger partial charge on any atom is 0.257 e. The van der Waals surface area contributed by atoms with Crippen LogP contribution in [-0.4, -0.2) is 18.0 Å². The molecule has 4 aromatic rings. The van der Waals surface area contributed by atoms with Crippen molar-refractivity contribution in [2.24, 2.45) is 0 Å². The quantitative estimate of drug-likeness (QED) is 0.423. The Morgan fingerprint density at radius 3 is 2.59 bits per heavy atom. The Labute approximate surface area is 173 Å². The summed E-state index contributed by atoms with van der Waals surface area (Å²) in [4.78, 5) is 17.8. The first-order chi connectivity index (χ1) is 14.1. The van der Waals surface area contributed by atoms with Crippen LogP contribution >= 0.6 is 11.8 Å². The van der Waals surface area contributed by atoms with E-state index in [0.717, 1.165) is 16.6 Å². The second-order valence-corrected chi connectivity index (χ2v) is 7.61. The Morgan fingerprint density at radius 2 is 1.83 bits per heavy atom. The van der Waals surface area contributed by atoms with Crippen LogP contribution in [0.5, 0.6) is 5.75 Å². The van der Waals surface area contributed by atoms with Crippen LogP contribution < -0.4 is 10.1 Å². The number of amides is 1. The molecule has 29 heavy (non-hydrogen) atoms. The number of thioether (sulfide) groups is 1. The number of carbonyl (C=O) groups is 1. The number of oxazole rings is 1. The van der Waals surface area contributed by atoms with Gasteiger partial charge in [0.25, 0.3) is 5.22 Å². The van der Waals surface area contributed by atoms with Gasteiger partial charge in [-0.15, -0.1) is 0 Å². The molecule has 0 saturated carbocycles. The van der Waals surface area contributed by atoms with Gasteiger partial charge in [0, 0.05) is 0 Å². The van der Waals surface area contributed by atoms with Crippen molar-refractivity contribution in [3.8, 4) is 5.75 Å². The zero-order chi connectivity index (χ0) is 20.2. The number of benzene rings is 3. The monoisotopic (exact) mass is 404 g/mol. The van der Waals surface area contributed by atoms with Gasteiger partial charge >= 0.3 is 0 Å². The van der Waals surface area contributed by atoms with Crippen LogP contribution in [0.2, 0.25) is 0 Å². The van der Waals surface area contributed by atoms with Crippen LogP contribution in [0, 0.1) is 6.92 Å². The fourth-order valence-corrected chi connectivity index (χ4v) is 3.97. The molecule has 0 bridgehead atoms. The van der Waals surface area contributed by atoms with Crippen molar-refractivity contribution < 1.29 is 13.9 Å². The fourth-order valence-electron chi connectivity index (χ4n) is 3.02. The number of ether oxygens (including phenoxy) is 1. The third-order valence-corrected chi connectivity index (χ3v) is 5.54. The molecular weight excluding hydrogens is 384 g/mol. The standard InChI is InChI=1S/C23H20N2O3S/c1-15-12-13-19(27-2)18(14-15)24-22(26)21(16-8-4-3-5-9-16)29-23-25-17-10-6-7-11-20(17)28-23/h3-14,21H,1-2H3,(H,24,26)/t21-/m1/s1. The lowest BCUT2D eigenvalue weighted by atomic mass is 10.1. The van der Waals surface area contributed by atoms with Crippen molar-refractivity contribution in [2.45, 2.75) is 17.4 Å². The van der Waals surface area contributed by atoms with Gasteiger partial charge in [0.2, 0.25) is 5.91 Å². The highest BCUT2D eigenvalue weighted by Crippen LogP contribution is 2.38. The van der Waals surface area contributed by atoms with E-state index in [1.54, 1.807) is 7.11 Å². The zero-order valence-corrected chi connectivity index (χ0v) is 16.9. The lowest BCUT2D eigenvalue weighted by Gasteiger charge is -2.17. The molecule has 0 spiro atoms. The summed E-state index contributed by atoms with van der Waals surface area (Å²) in [6, 6.07) is 22.8. The first-order valence-electron chi connectivity index (χ1n) is 9.17. The summed E-state index contributed by atoms with van der Waals surface area (Å²) in [6.45, 7) is 1.97. The van der Waals surface area contributed by atoms with E-state index < -0.39 is 5.25 Å². The zero-order valence-electron chi connectivity index (χ0n) is 16.1. The molecule has 5 nitrogen and oxygen atoms in total. The van der Waals surface area contributed by atoms with Gasteiger partial charge in [-0.3, -0.25) is 4.79 Å². The molecule has 1 heterocycles. The molecule has 4 rings (SSSR count). The maximum absolute atomic E-state index is 13.3. The summed E-state index contributed by atoms with van der Waals surface area (Å²) >= 11 is 1.28. The van der Waals surface area contributed by atoms with Gasteiger partial charge in [-0.1, -0.05) is 48.5 Å². The molecule has 0 unspecified atom stereocenters. The number of hydrogen-bond donors (Lipinski definition) is 1. The van der Waals surface area contributed by atoms with Crippen molar-refractivity contribution in [1.82, 2.24) is 4.98 Å². The number of nitrogens with one attached hydrogen (secondary N) is 1. The first-order valence-corrected chi connectivity index (χ1v) is 10.0. The van der Waals surface area contributed by atoms with E-state index in [9.17, 15) is 4.79 Å². The molecule has 146 valence electrons. The summed E-state index contributed by atoms with van der Waals surface area (Å²) in [5, 5.41) is 2.92. The number of rotatable bonds is 6. The summed E-state index contributed by atoms with van der Waals surface area (Å²) < 4.78 is 11.2. The minimum atomic E-state index is -0.533. The number of fused-ring (bicyclic) bond motifs is 1. The van der Waals surface area contributed by atoms with E-state index in [4.69, 9.17) is 9.15 Å². The van der Waals surface area contributed by atoms with E-state index in [1.807, 2.05) is 79.7 Å². The Morgan fingerprint density at radius 1 is 1.07 bits per heavy atom. The third-order valence-electron chi connectivity index (χ3n) is 4.45. The molecule has 6 heteroatoms. The Hall–Kier alpha value is -3.25. The minimum Gasteiger partial charge on any atom is -0.495 e. The Balaban J connectivity index is 1.65. The molecule has 1 amide bonds. The molecule has 1 aromatic heterocycles. The van der Waals surface area contributed by atoms with Crippen LogP contribution in [-0.2, 0) is 4.79 Å². The van der Waals surface area contributed by atoms with Crippen LogP contribution in [0.3, 0.4) is 0 Å². The van der Waals surface area contributed by atoms with Gasteiger partial charge in [0.05, 0.1) is 12.8 Å². The van der Waals surface area contributed by atoms with Crippen molar-refractivity contribution in [3.05, 3.63) is 83.9 Å². The highest BCUT2D eigenvalue weighted by atomic mass is 32.2. The smallest absolute Gasteiger partial charge is 0.257 e. The number of anilines is 1. The van der Waals surface area contributed by atoms with Crippen molar-refractivity contribution in [3.63, 3.8) is 0 Å². The number of para-hydroxylation sites is 2. The highest BCUT2D eigenvalue weighted by Gasteiger charge is 2.25. The second-order valence-electron chi connectivity index (χ2n) is 6.55. The van der Waals surface area contributed by atoms with E-state index in [2.05, 4.69) is 10.3 Å². The normalized spacial score (nSPS) is 11.9. The van der Waals surface area contributed by atoms with Gasteiger partial charge in [0.15, 0.2) is 5.58 Å². The van der Waals surface area contributed by atoms with Gasteiger partial charge in [-0.2, -0.15) is 0 Å². The summed E-state index contributed by atoms with van der Waals surface area (Å²) in [5.41, 5.74) is 3.99. The van der Waals surface area contributed by atoms with Crippen LogP contribution in [0.25, 0.3) is 11.1 Å². The average Bonchev–Trinajstić information content (AvgIpc) is 3.15. The number of carbonyl (C=O) groups excluding carboxylic acids is 1. The lowest BCUT2D eigenvalue weighted by molar-refractivity contribution is -0.115. The predicted octanol–water partition coefficient (Wildman–Crippen LogP) is 5.62. The van der Waals surface area contributed by atoms with Crippen molar-refractivity contribution in [1.29, 1.82) is 0 Å². The SMILES string of the molecule is COc1ccc(C)cc1NC(=O)[C@H](Sc1nc2ccccc2o1)c1ccccc1. The highest BCUT2D eigenvalue weighted by molar-refractivity contribution is 8.00. The topological polar surface area (TPSA) is 64.4 Å². The molecule has 3 aromatic carbocycles. The largest absolute Gasteiger partial charge is 0.495 e. The molecule has 0 radical (unpaired) electrons. The molecule has 0 fully saturated rings. The molecule has 1 N–H and O–H groups in total. The molecule has 0 aliphatic heterocycles. The fraction of sp³-hybridized carbons (Fsp3) is 0.130. The molecule has 0 saturated heterocycles. The van der Waals surface area contributed by atoms with Crippen molar-refractivity contribution in [2.75, 3.05) is 12.4 Å². The van der Waals surface area contributed by atoms with Gasteiger partial charge < -0.3 is 14.5 Å². The van der Waals surface area contributed by atoms with Gasteiger partial charge in [-0.05, 0) is 54.1 Å². The molecule has 1 atom stereocenters. The maximum atomic E-state index is 13.3. The van der Waals surface area contributed by atoms with Crippen LogP contribution in [0.1, 0.15) is 16.4 Å². The predicted molar refractivity (Wildman–Crippen MR) is 115 cm³/mol. The van der Waals surface area contributed by atoms with Crippen LogP contribution in [0.4, 0.5) is 5.69 Å².